The number of benzene rings is 1. The smallest absolute Gasteiger partial charge is 0.137 e. The molecule has 0 amide bonds. The quantitative estimate of drug-likeness (QED) is 0.803. The molecule has 0 spiro atoms. The highest BCUT2D eigenvalue weighted by Gasteiger charge is 2.05. The summed E-state index contributed by atoms with van der Waals surface area (Å²) in [6, 6.07) is 6.24. The number of fused-ring (bicyclic) bond motifs is 1. The van der Waals surface area contributed by atoms with Gasteiger partial charge in [0.2, 0.25) is 0 Å². The van der Waals surface area contributed by atoms with E-state index < -0.39 is 0 Å². The van der Waals surface area contributed by atoms with E-state index in [1.165, 1.54) is 0 Å². The van der Waals surface area contributed by atoms with Crippen LogP contribution in [0.1, 0.15) is 13.8 Å². The summed E-state index contributed by atoms with van der Waals surface area (Å²) in [5, 5.41) is 4.36. The zero-order valence-electron chi connectivity index (χ0n) is 11.7. The van der Waals surface area contributed by atoms with Crippen molar-refractivity contribution in [2.24, 2.45) is 0 Å². The highest BCUT2D eigenvalue weighted by molar-refractivity contribution is 5.90. The molecule has 0 saturated heterocycles. The molecule has 2 aromatic rings. The van der Waals surface area contributed by atoms with Gasteiger partial charge < -0.3 is 16.0 Å². The Labute approximate surface area is 113 Å². The third-order valence-corrected chi connectivity index (χ3v) is 3.30. The maximum absolute atomic E-state index is 5.76. The van der Waals surface area contributed by atoms with Crippen molar-refractivity contribution in [1.82, 2.24) is 14.9 Å². The normalized spacial score (nSPS) is 11.4. The van der Waals surface area contributed by atoms with E-state index in [1.54, 1.807) is 6.33 Å². The predicted octanol–water partition coefficient (Wildman–Crippen LogP) is 1.96. The van der Waals surface area contributed by atoms with Crippen LogP contribution in [0.3, 0.4) is 0 Å². The number of nitrogens with two attached hydrogens (primary N) is 1. The number of nitrogens with one attached hydrogen (secondary N) is 1. The summed E-state index contributed by atoms with van der Waals surface area (Å²) >= 11 is 0. The van der Waals surface area contributed by atoms with E-state index in [2.05, 4.69) is 41.1 Å². The third-order valence-electron chi connectivity index (χ3n) is 3.30. The minimum Gasteiger partial charge on any atom is -0.399 e. The molecule has 102 valence electrons. The summed E-state index contributed by atoms with van der Waals surface area (Å²) in [7, 11) is 2.12. The minimum absolute atomic E-state index is 0.545. The average Bonchev–Trinajstić information content (AvgIpc) is 2.38. The molecule has 0 aliphatic rings. The molecular weight excluding hydrogens is 238 g/mol. The lowest BCUT2D eigenvalue weighted by molar-refractivity contribution is 0.284. The lowest BCUT2D eigenvalue weighted by Gasteiger charge is -2.21. The van der Waals surface area contributed by atoms with E-state index in [-0.39, 0.29) is 0 Å². The molecule has 3 N–H and O–H groups in total. The molecule has 0 fully saturated rings. The van der Waals surface area contributed by atoms with Crippen molar-refractivity contribution in [2.45, 2.75) is 19.9 Å². The average molecular weight is 259 g/mol. The maximum atomic E-state index is 5.76. The number of hydrogen-bond donors (Lipinski definition) is 2. The molecule has 0 aliphatic carbocycles. The molecule has 0 atom stereocenters. The van der Waals surface area contributed by atoms with Crippen molar-refractivity contribution in [3.05, 3.63) is 24.5 Å². The molecule has 1 aromatic heterocycles. The van der Waals surface area contributed by atoms with E-state index in [1.807, 2.05) is 18.2 Å². The van der Waals surface area contributed by atoms with Crippen molar-refractivity contribution in [1.29, 1.82) is 0 Å². The van der Waals surface area contributed by atoms with Crippen LogP contribution in [0, 0.1) is 0 Å². The molecule has 0 saturated carbocycles. The molecule has 2 rings (SSSR count). The van der Waals surface area contributed by atoms with Crippen LogP contribution < -0.4 is 11.1 Å². The number of rotatable bonds is 5. The molecular formula is C14H21N5. The second-order valence-corrected chi connectivity index (χ2v) is 5.00. The monoisotopic (exact) mass is 259 g/mol. The molecule has 5 nitrogen and oxygen atoms in total. The fraction of sp³-hybridized carbons (Fsp3) is 0.429. The Kier molecular flexibility index (Phi) is 4.16. The lowest BCUT2D eigenvalue weighted by atomic mass is 10.2. The summed E-state index contributed by atoms with van der Waals surface area (Å²) in [6.07, 6.45) is 1.57. The van der Waals surface area contributed by atoms with Crippen LogP contribution >= 0.6 is 0 Å². The van der Waals surface area contributed by atoms with Crippen molar-refractivity contribution < 1.29 is 0 Å². The van der Waals surface area contributed by atoms with Gasteiger partial charge in [-0.25, -0.2) is 9.97 Å². The van der Waals surface area contributed by atoms with Crippen LogP contribution in [0.5, 0.6) is 0 Å². The molecule has 0 radical (unpaired) electrons. The van der Waals surface area contributed by atoms with Gasteiger partial charge in [0.1, 0.15) is 12.1 Å². The van der Waals surface area contributed by atoms with Crippen molar-refractivity contribution in [3.8, 4) is 0 Å². The zero-order valence-corrected chi connectivity index (χ0v) is 11.7. The summed E-state index contributed by atoms with van der Waals surface area (Å²) in [4.78, 5) is 10.8. The molecule has 1 heterocycles. The van der Waals surface area contributed by atoms with Crippen molar-refractivity contribution in [2.75, 3.05) is 31.2 Å². The van der Waals surface area contributed by atoms with Crippen LogP contribution in [0.4, 0.5) is 11.5 Å². The van der Waals surface area contributed by atoms with E-state index in [4.69, 9.17) is 5.73 Å². The number of likely N-dealkylation sites (N-methyl/N-ethyl adjacent to an activating group) is 1. The first kappa shape index (κ1) is 13.5. The fourth-order valence-corrected chi connectivity index (χ4v) is 1.82. The van der Waals surface area contributed by atoms with E-state index in [0.29, 0.717) is 6.04 Å². The Morgan fingerprint density at radius 2 is 2.11 bits per heavy atom. The van der Waals surface area contributed by atoms with Gasteiger partial charge in [-0.2, -0.15) is 0 Å². The van der Waals surface area contributed by atoms with Gasteiger partial charge in [-0.3, -0.25) is 0 Å². The van der Waals surface area contributed by atoms with Gasteiger partial charge in [0.15, 0.2) is 0 Å². The second kappa shape index (κ2) is 5.84. The van der Waals surface area contributed by atoms with Crippen LogP contribution in [0.15, 0.2) is 24.5 Å². The Hall–Kier alpha value is -1.88. The fourth-order valence-electron chi connectivity index (χ4n) is 1.82. The van der Waals surface area contributed by atoms with Crippen molar-refractivity contribution in [3.63, 3.8) is 0 Å². The molecule has 0 aliphatic heterocycles. The Balaban J connectivity index is 2.09. The first-order valence-electron chi connectivity index (χ1n) is 6.52. The third kappa shape index (κ3) is 3.32. The maximum Gasteiger partial charge on any atom is 0.137 e. The predicted molar refractivity (Wildman–Crippen MR) is 80.2 cm³/mol. The topological polar surface area (TPSA) is 67.1 Å². The number of hydrogen-bond acceptors (Lipinski definition) is 5. The SMILES string of the molecule is CC(C)N(C)CCNc1ncnc2cc(N)ccc12. The second-order valence-electron chi connectivity index (χ2n) is 5.00. The van der Waals surface area contributed by atoms with Crippen LogP contribution in [0.25, 0.3) is 10.9 Å². The van der Waals surface area contributed by atoms with Gasteiger partial charge in [0.25, 0.3) is 0 Å². The van der Waals surface area contributed by atoms with Crippen LogP contribution in [-0.4, -0.2) is 41.0 Å². The highest BCUT2D eigenvalue weighted by atomic mass is 15.1. The summed E-state index contributed by atoms with van der Waals surface area (Å²) in [5.41, 5.74) is 7.35. The van der Waals surface area contributed by atoms with Gasteiger partial charge in [-0.05, 0) is 39.1 Å². The minimum atomic E-state index is 0.545. The largest absolute Gasteiger partial charge is 0.399 e. The molecule has 5 heteroatoms. The number of aromatic nitrogens is 2. The zero-order chi connectivity index (χ0) is 13.8. The van der Waals surface area contributed by atoms with E-state index in [9.17, 15) is 0 Å². The molecule has 1 aromatic carbocycles. The highest BCUT2D eigenvalue weighted by Crippen LogP contribution is 2.20. The number of anilines is 2. The molecule has 19 heavy (non-hydrogen) atoms. The standard InChI is InChI=1S/C14H21N5/c1-10(2)19(3)7-6-16-14-12-5-4-11(15)8-13(12)17-9-18-14/h4-5,8-10H,6-7,15H2,1-3H3,(H,16,17,18). The summed E-state index contributed by atoms with van der Waals surface area (Å²) < 4.78 is 0. The Bertz CT molecular complexity index is 553. The summed E-state index contributed by atoms with van der Waals surface area (Å²) in [6.45, 7) is 6.19. The van der Waals surface area contributed by atoms with E-state index >= 15 is 0 Å². The van der Waals surface area contributed by atoms with Gasteiger partial charge in [-0.15, -0.1) is 0 Å². The van der Waals surface area contributed by atoms with Gasteiger partial charge in [0.05, 0.1) is 5.52 Å². The Morgan fingerprint density at radius 3 is 2.84 bits per heavy atom. The van der Waals surface area contributed by atoms with E-state index in [0.717, 1.165) is 35.5 Å². The first-order chi connectivity index (χ1) is 9.08. The molecule has 0 bridgehead atoms. The Morgan fingerprint density at radius 1 is 1.32 bits per heavy atom. The van der Waals surface area contributed by atoms with Gasteiger partial charge >= 0.3 is 0 Å². The lowest BCUT2D eigenvalue weighted by Crippen LogP contribution is -2.31. The summed E-state index contributed by atoms with van der Waals surface area (Å²) in [5.74, 6) is 0.863. The van der Waals surface area contributed by atoms with Crippen LogP contribution in [-0.2, 0) is 0 Å². The van der Waals surface area contributed by atoms with Gasteiger partial charge in [0, 0.05) is 30.2 Å². The van der Waals surface area contributed by atoms with Crippen molar-refractivity contribution >= 4 is 22.4 Å². The number of nitrogen functional groups attached to an aromatic ring is 1. The first-order valence-corrected chi connectivity index (χ1v) is 6.52. The number of nitrogens with zero attached hydrogens (tertiary/aromatic N) is 3. The molecule has 0 unspecified atom stereocenters. The van der Waals surface area contributed by atoms with Gasteiger partial charge in [-0.1, -0.05) is 0 Å². The van der Waals surface area contributed by atoms with Crippen LogP contribution in [0.2, 0.25) is 0 Å².